The Kier molecular flexibility index (Phi) is 4.65. The molecule has 0 aliphatic heterocycles. The molecular weight excluding hydrogens is 255 g/mol. The summed E-state index contributed by atoms with van der Waals surface area (Å²) in [5.74, 6) is 0.285. The highest BCUT2D eigenvalue weighted by Crippen LogP contribution is 2.37. The Morgan fingerprint density at radius 3 is 2.47 bits per heavy atom. The van der Waals surface area contributed by atoms with Crippen LogP contribution in [0.4, 0.5) is 13.2 Å². The van der Waals surface area contributed by atoms with Crippen molar-refractivity contribution >= 4 is 11.6 Å². The molecule has 0 spiro atoms. The number of hydrogen-bond acceptors (Lipinski definition) is 2. The van der Waals surface area contributed by atoms with Crippen molar-refractivity contribution in [2.45, 2.75) is 19.0 Å². The largest absolute Gasteiger partial charge is 0.495 e. The lowest BCUT2D eigenvalue weighted by Crippen LogP contribution is -2.08. The Balaban J connectivity index is 3.19. The predicted octanol–water partition coefficient (Wildman–Crippen LogP) is 3.26. The highest BCUT2D eigenvalue weighted by molar-refractivity contribution is 6.32. The van der Waals surface area contributed by atoms with Gasteiger partial charge in [-0.3, -0.25) is 0 Å². The molecule has 17 heavy (non-hydrogen) atoms. The fourth-order valence-electron chi connectivity index (χ4n) is 1.52. The molecule has 1 aromatic carbocycles. The van der Waals surface area contributed by atoms with E-state index < -0.39 is 11.7 Å². The molecule has 0 radical (unpaired) electrons. The van der Waals surface area contributed by atoms with Gasteiger partial charge >= 0.3 is 6.18 Å². The highest BCUT2D eigenvalue weighted by Gasteiger charge is 2.32. The van der Waals surface area contributed by atoms with E-state index in [1.54, 1.807) is 0 Å². The molecular formula is C11H13ClF3NO. The molecule has 0 aliphatic carbocycles. The molecule has 0 saturated heterocycles. The molecule has 0 atom stereocenters. The van der Waals surface area contributed by atoms with Crippen LogP contribution in [0.3, 0.4) is 0 Å². The van der Waals surface area contributed by atoms with Gasteiger partial charge in [-0.2, -0.15) is 13.2 Å². The van der Waals surface area contributed by atoms with E-state index in [1.807, 2.05) is 0 Å². The molecule has 0 aliphatic rings. The Bertz CT molecular complexity index is 393. The predicted molar refractivity (Wildman–Crippen MR) is 60.4 cm³/mol. The molecule has 0 bridgehead atoms. The van der Waals surface area contributed by atoms with E-state index in [2.05, 4.69) is 0 Å². The van der Waals surface area contributed by atoms with Crippen LogP contribution in [0.2, 0.25) is 5.02 Å². The Labute approximate surface area is 103 Å². The van der Waals surface area contributed by atoms with Crippen LogP contribution in [0.25, 0.3) is 0 Å². The average molecular weight is 268 g/mol. The minimum Gasteiger partial charge on any atom is -0.495 e. The van der Waals surface area contributed by atoms with Crippen LogP contribution in [0, 0.1) is 0 Å². The number of benzene rings is 1. The van der Waals surface area contributed by atoms with Crippen molar-refractivity contribution in [3.05, 3.63) is 28.3 Å². The van der Waals surface area contributed by atoms with Crippen molar-refractivity contribution in [3.8, 4) is 5.75 Å². The molecule has 96 valence electrons. The third kappa shape index (κ3) is 3.51. The van der Waals surface area contributed by atoms with Crippen molar-refractivity contribution in [1.29, 1.82) is 0 Å². The van der Waals surface area contributed by atoms with Crippen LogP contribution < -0.4 is 10.5 Å². The van der Waals surface area contributed by atoms with E-state index in [1.165, 1.54) is 7.11 Å². The van der Waals surface area contributed by atoms with Gasteiger partial charge in [-0.15, -0.1) is 0 Å². The van der Waals surface area contributed by atoms with Gasteiger partial charge in [-0.1, -0.05) is 11.6 Å². The molecule has 1 rings (SSSR count). The maximum atomic E-state index is 12.6. The summed E-state index contributed by atoms with van der Waals surface area (Å²) in [6.07, 6.45) is -3.43. The quantitative estimate of drug-likeness (QED) is 0.909. The van der Waals surface area contributed by atoms with Crippen LogP contribution >= 0.6 is 11.6 Å². The summed E-state index contributed by atoms with van der Waals surface area (Å²) in [6.45, 7) is 0.400. The van der Waals surface area contributed by atoms with Gasteiger partial charge in [0.05, 0.1) is 17.7 Å². The number of aryl methyl sites for hydroxylation is 1. The average Bonchev–Trinajstić information content (AvgIpc) is 2.24. The summed E-state index contributed by atoms with van der Waals surface area (Å²) in [4.78, 5) is 0. The molecule has 0 saturated carbocycles. The number of alkyl halides is 3. The van der Waals surface area contributed by atoms with Gasteiger partial charge in [0.2, 0.25) is 0 Å². The van der Waals surface area contributed by atoms with E-state index in [4.69, 9.17) is 22.1 Å². The highest BCUT2D eigenvalue weighted by atomic mass is 35.5. The van der Waals surface area contributed by atoms with Gasteiger partial charge in [0, 0.05) is 0 Å². The number of halogens is 4. The number of hydrogen-bond donors (Lipinski definition) is 1. The summed E-state index contributed by atoms with van der Waals surface area (Å²) in [6, 6.07) is 1.92. The zero-order valence-corrected chi connectivity index (χ0v) is 10.0. The van der Waals surface area contributed by atoms with Crippen LogP contribution in [-0.2, 0) is 12.6 Å². The lowest BCUT2D eigenvalue weighted by atomic mass is 10.0. The molecule has 0 heterocycles. The van der Waals surface area contributed by atoms with Crippen LogP contribution in [0.15, 0.2) is 12.1 Å². The summed E-state index contributed by atoms with van der Waals surface area (Å²) < 4.78 is 42.7. The zero-order chi connectivity index (χ0) is 13.1. The smallest absolute Gasteiger partial charge is 0.416 e. The SMILES string of the molecule is COc1c(Cl)cc(C(F)(F)F)cc1CCCN. The number of rotatable bonds is 4. The summed E-state index contributed by atoms with van der Waals surface area (Å²) in [5.41, 5.74) is 4.99. The Morgan fingerprint density at radius 2 is 2.00 bits per heavy atom. The van der Waals surface area contributed by atoms with E-state index in [-0.39, 0.29) is 10.8 Å². The first-order chi connectivity index (χ1) is 7.90. The Morgan fingerprint density at radius 1 is 1.35 bits per heavy atom. The van der Waals surface area contributed by atoms with Crippen LogP contribution in [0.1, 0.15) is 17.5 Å². The maximum absolute atomic E-state index is 12.6. The number of ether oxygens (including phenoxy) is 1. The number of methoxy groups -OCH3 is 1. The molecule has 0 amide bonds. The third-order valence-electron chi connectivity index (χ3n) is 2.30. The second-order valence-corrected chi connectivity index (χ2v) is 3.95. The molecule has 0 unspecified atom stereocenters. The van der Waals surface area contributed by atoms with Gasteiger partial charge < -0.3 is 10.5 Å². The van der Waals surface area contributed by atoms with Crippen LogP contribution in [-0.4, -0.2) is 13.7 Å². The summed E-state index contributed by atoms with van der Waals surface area (Å²) >= 11 is 5.76. The molecule has 1 aromatic rings. The van der Waals surface area contributed by atoms with E-state index in [9.17, 15) is 13.2 Å². The Hall–Kier alpha value is -0.940. The van der Waals surface area contributed by atoms with E-state index in [0.29, 0.717) is 24.9 Å². The molecule has 6 heteroatoms. The number of nitrogens with two attached hydrogens (primary N) is 1. The van der Waals surface area contributed by atoms with Crippen molar-refractivity contribution in [2.75, 3.05) is 13.7 Å². The third-order valence-corrected chi connectivity index (χ3v) is 2.58. The lowest BCUT2D eigenvalue weighted by molar-refractivity contribution is -0.137. The van der Waals surface area contributed by atoms with Gasteiger partial charge in [0.25, 0.3) is 0 Å². The first-order valence-electron chi connectivity index (χ1n) is 5.03. The molecule has 0 aromatic heterocycles. The normalized spacial score (nSPS) is 11.6. The van der Waals surface area contributed by atoms with E-state index in [0.717, 1.165) is 12.1 Å². The second kappa shape index (κ2) is 5.60. The summed E-state index contributed by atoms with van der Waals surface area (Å²) in [7, 11) is 1.38. The fourth-order valence-corrected chi connectivity index (χ4v) is 1.84. The standard InChI is InChI=1S/C11H13ClF3NO/c1-17-10-7(3-2-4-16)5-8(6-9(10)12)11(13,14)15/h5-6H,2-4,16H2,1H3. The van der Waals surface area contributed by atoms with Gasteiger partial charge in [-0.25, -0.2) is 0 Å². The van der Waals surface area contributed by atoms with Crippen molar-refractivity contribution in [1.82, 2.24) is 0 Å². The minimum absolute atomic E-state index is 0.0330. The van der Waals surface area contributed by atoms with Crippen molar-refractivity contribution in [2.24, 2.45) is 5.73 Å². The molecule has 2 N–H and O–H groups in total. The summed E-state index contributed by atoms with van der Waals surface area (Å²) in [5, 5.41) is -0.0330. The molecule has 2 nitrogen and oxygen atoms in total. The monoisotopic (exact) mass is 267 g/mol. The van der Waals surface area contributed by atoms with Gasteiger partial charge in [0.15, 0.2) is 0 Å². The van der Waals surface area contributed by atoms with Crippen molar-refractivity contribution < 1.29 is 17.9 Å². The first-order valence-corrected chi connectivity index (χ1v) is 5.41. The minimum atomic E-state index is -4.41. The maximum Gasteiger partial charge on any atom is 0.416 e. The molecule has 0 fully saturated rings. The van der Waals surface area contributed by atoms with Gasteiger partial charge in [-0.05, 0) is 37.1 Å². The van der Waals surface area contributed by atoms with E-state index >= 15 is 0 Å². The zero-order valence-electron chi connectivity index (χ0n) is 9.27. The lowest BCUT2D eigenvalue weighted by Gasteiger charge is -2.14. The fraction of sp³-hybridized carbons (Fsp3) is 0.455. The first kappa shape index (κ1) is 14.1. The second-order valence-electron chi connectivity index (χ2n) is 3.54. The van der Waals surface area contributed by atoms with Crippen molar-refractivity contribution in [3.63, 3.8) is 0 Å². The van der Waals surface area contributed by atoms with Gasteiger partial charge in [0.1, 0.15) is 5.75 Å². The topological polar surface area (TPSA) is 35.2 Å². The van der Waals surface area contributed by atoms with Crippen LogP contribution in [0.5, 0.6) is 5.75 Å².